The summed E-state index contributed by atoms with van der Waals surface area (Å²) in [7, 11) is 0. The van der Waals surface area contributed by atoms with E-state index in [4.69, 9.17) is 18.6 Å². The Morgan fingerprint density at radius 3 is 2.33 bits per heavy atom. The molecule has 2 aromatic carbocycles. The van der Waals surface area contributed by atoms with Crippen LogP contribution in [-0.4, -0.2) is 19.2 Å². The highest BCUT2D eigenvalue weighted by Gasteiger charge is 2.07. The molecule has 0 atom stereocenters. The zero-order valence-corrected chi connectivity index (χ0v) is 15.0. The van der Waals surface area contributed by atoms with Crippen LogP contribution in [-0.2, 0) is 4.79 Å². The van der Waals surface area contributed by atoms with Gasteiger partial charge in [-0.3, -0.25) is 4.79 Å². The number of esters is 1. The predicted octanol–water partition coefficient (Wildman–Crippen LogP) is 3.96. The van der Waals surface area contributed by atoms with Crippen molar-refractivity contribution in [3.05, 3.63) is 65.0 Å². The van der Waals surface area contributed by atoms with Gasteiger partial charge in [-0.2, -0.15) is 0 Å². The van der Waals surface area contributed by atoms with Crippen LogP contribution in [0.2, 0.25) is 0 Å². The molecule has 0 unspecified atom stereocenters. The van der Waals surface area contributed by atoms with Gasteiger partial charge in [-0.05, 0) is 55.8 Å². The predicted molar refractivity (Wildman–Crippen MR) is 100 cm³/mol. The van der Waals surface area contributed by atoms with Crippen molar-refractivity contribution in [2.75, 3.05) is 13.2 Å². The molecule has 0 saturated carbocycles. The third-order valence-electron chi connectivity index (χ3n) is 3.75. The van der Waals surface area contributed by atoms with Gasteiger partial charge in [0.15, 0.2) is 0 Å². The van der Waals surface area contributed by atoms with Crippen molar-refractivity contribution in [2.24, 2.45) is 0 Å². The summed E-state index contributed by atoms with van der Waals surface area (Å²) in [5.41, 5.74) is -0.0657. The van der Waals surface area contributed by atoms with E-state index in [1.165, 1.54) is 12.1 Å². The quantitative estimate of drug-likeness (QED) is 0.259. The molecule has 0 aliphatic rings. The van der Waals surface area contributed by atoms with Crippen molar-refractivity contribution in [1.82, 2.24) is 0 Å². The van der Waals surface area contributed by atoms with Gasteiger partial charge in [0.1, 0.15) is 22.8 Å². The zero-order valence-electron chi connectivity index (χ0n) is 15.0. The third-order valence-corrected chi connectivity index (χ3v) is 3.75. The first kappa shape index (κ1) is 18.5. The van der Waals surface area contributed by atoms with Crippen LogP contribution in [0.15, 0.2) is 63.8 Å². The summed E-state index contributed by atoms with van der Waals surface area (Å²) in [6, 6.07) is 15.3. The average Bonchev–Trinajstić information content (AvgIpc) is 2.66. The fourth-order valence-electron chi connectivity index (χ4n) is 2.49. The number of fused-ring (bicyclic) bond motifs is 1. The molecule has 140 valence electrons. The van der Waals surface area contributed by atoms with Crippen LogP contribution in [0.25, 0.3) is 11.0 Å². The van der Waals surface area contributed by atoms with Crippen LogP contribution in [0.5, 0.6) is 17.2 Å². The Bertz CT molecular complexity index is 958. The highest BCUT2D eigenvalue weighted by atomic mass is 16.5. The lowest BCUT2D eigenvalue weighted by Gasteiger charge is -2.08. The van der Waals surface area contributed by atoms with E-state index in [9.17, 15) is 9.59 Å². The molecule has 0 aliphatic carbocycles. The second-order valence-corrected chi connectivity index (χ2v) is 5.78. The molecule has 1 heterocycles. The van der Waals surface area contributed by atoms with E-state index in [0.29, 0.717) is 31.0 Å². The van der Waals surface area contributed by atoms with Crippen LogP contribution in [0.3, 0.4) is 0 Å². The molecule has 0 saturated heterocycles. The van der Waals surface area contributed by atoms with Gasteiger partial charge in [0.05, 0.1) is 13.2 Å². The molecule has 0 spiro atoms. The fraction of sp³-hybridized carbons (Fsp3) is 0.238. The number of benzene rings is 2. The van der Waals surface area contributed by atoms with Crippen molar-refractivity contribution >= 4 is 16.9 Å². The standard InChI is InChI=1S/C21H20O6/c1-2-24-16-8-10-17(11-9-16)25-13-3-4-20(22)26-18-7-5-15-6-12-21(23)27-19(15)14-18/h5-12,14H,2-4,13H2,1H3. The third kappa shape index (κ3) is 5.34. The fourth-order valence-corrected chi connectivity index (χ4v) is 2.49. The van der Waals surface area contributed by atoms with Gasteiger partial charge < -0.3 is 18.6 Å². The Labute approximate surface area is 156 Å². The Balaban J connectivity index is 1.45. The number of hydrogen-bond acceptors (Lipinski definition) is 6. The summed E-state index contributed by atoms with van der Waals surface area (Å²) in [4.78, 5) is 23.2. The normalized spacial score (nSPS) is 10.6. The molecule has 0 N–H and O–H groups in total. The first-order valence-electron chi connectivity index (χ1n) is 8.74. The average molecular weight is 368 g/mol. The van der Waals surface area contributed by atoms with Crippen LogP contribution in [0, 0.1) is 0 Å². The monoisotopic (exact) mass is 368 g/mol. The number of carbonyl (C=O) groups excluding carboxylic acids is 1. The minimum absolute atomic E-state index is 0.216. The van der Waals surface area contributed by atoms with E-state index < -0.39 is 5.63 Å². The van der Waals surface area contributed by atoms with E-state index in [-0.39, 0.29) is 12.4 Å². The minimum atomic E-state index is -0.447. The highest BCUT2D eigenvalue weighted by molar-refractivity contribution is 5.79. The van der Waals surface area contributed by atoms with Gasteiger partial charge in [0.2, 0.25) is 0 Å². The van der Waals surface area contributed by atoms with Gasteiger partial charge in [-0.15, -0.1) is 0 Å². The maximum Gasteiger partial charge on any atom is 0.336 e. The van der Waals surface area contributed by atoms with Gasteiger partial charge in [0, 0.05) is 23.9 Å². The van der Waals surface area contributed by atoms with Crippen LogP contribution in [0.1, 0.15) is 19.8 Å². The molecule has 3 aromatic rings. The van der Waals surface area contributed by atoms with Crippen LogP contribution in [0.4, 0.5) is 0 Å². The smallest absolute Gasteiger partial charge is 0.336 e. The van der Waals surface area contributed by atoms with E-state index in [0.717, 1.165) is 16.9 Å². The van der Waals surface area contributed by atoms with E-state index in [1.54, 1.807) is 18.2 Å². The molecule has 1 aromatic heterocycles. The summed E-state index contributed by atoms with van der Waals surface area (Å²) < 4.78 is 21.3. The molecule has 0 fully saturated rings. The van der Waals surface area contributed by atoms with Crippen LogP contribution < -0.4 is 19.8 Å². The van der Waals surface area contributed by atoms with Crippen molar-refractivity contribution in [1.29, 1.82) is 0 Å². The van der Waals surface area contributed by atoms with Crippen molar-refractivity contribution in [2.45, 2.75) is 19.8 Å². The summed E-state index contributed by atoms with van der Waals surface area (Å²) in [6.45, 7) is 2.94. The van der Waals surface area contributed by atoms with Gasteiger partial charge in [-0.25, -0.2) is 4.79 Å². The molecular weight excluding hydrogens is 348 g/mol. The van der Waals surface area contributed by atoms with E-state index >= 15 is 0 Å². The molecule has 3 rings (SSSR count). The molecule has 6 heteroatoms. The summed E-state index contributed by atoms with van der Waals surface area (Å²) >= 11 is 0. The Morgan fingerprint density at radius 1 is 0.926 bits per heavy atom. The SMILES string of the molecule is CCOc1ccc(OCCCC(=O)Oc2ccc3ccc(=O)oc3c2)cc1. The summed E-state index contributed by atoms with van der Waals surface area (Å²) in [5.74, 6) is 1.48. The zero-order chi connectivity index (χ0) is 19.1. The number of hydrogen-bond donors (Lipinski definition) is 0. The minimum Gasteiger partial charge on any atom is -0.494 e. The van der Waals surface area contributed by atoms with E-state index in [1.807, 2.05) is 31.2 Å². The van der Waals surface area contributed by atoms with Crippen LogP contribution >= 0.6 is 0 Å². The number of ether oxygens (including phenoxy) is 3. The van der Waals surface area contributed by atoms with Gasteiger partial charge in [0.25, 0.3) is 0 Å². The maximum absolute atomic E-state index is 12.0. The Morgan fingerprint density at radius 2 is 1.59 bits per heavy atom. The molecule has 27 heavy (non-hydrogen) atoms. The second kappa shape index (κ2) is 8.89. The van der Waals surface area contributed by atoms with Gasteiger partial charge >= 0.3 is 11.6 Å². The molecule has 0 radical (unpaired) electrons. The van der Waals surface area contributed by atoms with Crippen molar-refractivity contribution < 1.29 is 23.4 Å². The van der Waals surface area contributed by atoms with Crippen molar-refractivity contribution in [3.63, 3.8) is 0 Å². The van der Waals surface area contributed by atoms with E-state index in [2.05, 4.69) is 0 Å². The molecular formula is C21H20O6. The van der Waals surface area contributed by atoms with Gasteiger partial charge in [-0.1, -0.05) is 0 Å². The lowest BCUT2D eigenvalue weighted by atomic mass is 10.2. The lowest BCUT2D eigenvalue weighted by molar-refractivity contribution is -0.134. The molecule has 0 bridgehead atoms. The first-order chi connectivity index (χ1) is 13.1. The van der Waals surface area contributed by atoms with Crippen molar-refractivity contribution in [3.8, 4) is 17.2 Å². The molecule has 0 amide bonds. The summed E-state index contributed by atoms with van der Waals surface area (Å²) in [6.07, 6.45) is 0.739. The second-order valence-electron chi connectivity index (χ2n) is 5.78. The highest BCUT2D eigenvalue weighted by Crippen LogP contribution is 2.20. The lowest BCUT2D eigenvalue weighted by Crippen LogP contribution is -2.10. The Kier molecular flexibility index (Phi) is 6.10. The molecule has 0 aliphatic heterocycles. The number of carbonyl (C=O) groups is 1. The first-order valence-corrected chi connectivity index (χ1v) is 8.74. The number of rotatable bonds is 8. The topological polar surface area (TPSA) is 75.0 Å². The largest absolute Gasteiger partial charge is 0.494 e. The molecule has 6 nitrogen and oxygen atoms in total. The maximum atomic E-state index is 12.0. The summed E-state index contributed by atoms with van der Waals surface area (Å²) in [5, 5.41) is 0.762. The Hall–Kier alpha value is -3.28.